The molecule has 1 fully saturated rings. The second kappa shape index (κ2) is 6.11. The molecule has 1 aromatic carbocycles. The third-order valence-corrected chi connectivity index (χ3v) is 5.34. The van der Waals surface area contributed by atoms with E-state index in [0.29, 0.717) is 18.9 Å². The quantitative estimate of drug-likeness (QED) is 0.832. The Morgan fingerprint density at radius 2 is 2.20 bits per heavy atom. The van der Waals surface area contributed by atoms with Crippen molar-refractivity contribution in [3.63, 3.8) is 0 Å². The van der Waals surface area contributed by atoms with Crippen molar-refractivity contribution in [3.05, 3.63) is 23.8 Å². The summed E-state index contributed by atoms with van der Waals surface area (Å²) in [5, 5.41) is 0. The number of nitrogens with zero attached hydrogens (tertiary/aromatic N) is 1. The van der Waals surface area contributed by atoms with Gasteiger partial charge in [0, 0.05) is 20.2 Å². The van der Waals surface area contributed by atoms with Crippen LogP contribution in [0.1, 0.15) is 18.4 Å². The van der Waals surface area contributed by atoms with Crippen molar-refractivity contribution < 1.29 is 17.9 Å². The van der Waals surface area contributed by atoms with Crippen LogP contribution in [0.2, 0.25) is 0 Å². The van der Waals surface area contributed by atoms with Crippen LogP contribution in [0.25, 0.3) is 0 Å². The predicted molar refractivity (Wildman–Crippen MR) is 76.5 cm³/mol. The summed E-state index contributed by atoms with van der Waals surface area (Å²) in [6, 6.07) is 5.15. The average molecular weight is 299 g/mol. The summed E-state index contributed by atoms with van der Waals surface area (Å²) in [6.07, 6.45) is 1.89. The van der Waals surface area contributed by atoms with E-state index in [0.717, 1.165) is 18.4 Å². The zero-order valence-corrected chi connectivity index (χ0v) is 12.9. The Hall–Kier alpha value is -1.11. The molecule has 6 heteroatoms. The fourth-order valence-electron chi connectivity index (χ4n) is 2.33. The molecule has 2 rings (SSSR count). The van der Waals surface area contributed by atoms with Crippen LogP contribution in [0.5, 0.6) is 5.75 Å². The maximum Gasteiger partial charge on any atom is 0.246 e. The molecular formula is C14H21NO4S. The van der Waals surface area contributed by atoms with Crippen molar-refractivity contribution in [3.8, 4) is 5.75 Å². The van der Waals surface area contributed by atoms with E-state index in [1.54, 1.807) is 19.2 Å². The van der Waals surface area contributed by atoms with Gasteiger partial charge in [0.1, 0.15) is 10.6 Å². The van der Waals surface area contributed by atoms with Crippen molar-refractivity contribution in [1.29, 1.82) is 0 Å². The average Bonchev–Trinajstić information content (AvgIpc) is 2.91. The standard InChI is InChI=1S/C14H21NO4S/c1-11-6-7-13(18-3)14(9-11)20(16,17)15(2)10-12-5-4-8-19-12/h6-7,9,12H,4-5,8,10H2,1-3H3. The molecule has 0 saturated carbocycles. The molecule has 1 saturated heterocycles. The van der Waals surface area contributed by atoms with Crippen LogP contribution in [0, 0.1) is 6.92 Å². The fraction of sp³-hybridized carbons (Fsp3) is 0.571. The van der Waals surface area contributed by atoms with Crippen molar-refractivity contribution in [2.45, 2.75) is 30.8 Å². The normalized spacial score (nSPS) is 19.5. The summed E-state index contributed by atoms with van der Waals surface area (Å²) in [6.45, 7) is 2.95. The van der Waals surface area contributed by atoms with E-state index in [1.165, 1.54) is 11.4 Å². The molecule has 0 aliphatic carbocycles. The van der Waals surface area contributed by atoms with Gasteiger partial charge in [0.25, 0.3) is 0 Å². The molecule has 0 bridgehead atoms. The number of sulfonamides is 1. The molecule has 0 radical (unpaired) electrons. The van der Waals surface area contributed by atoms with E-state index in [4.69, 9.17) is 9.47 Å². The molecule has 1 atom stereocenters. The van der Waals surface area contributed by atoms with Gasteiger partial charge < -0.3 is 9.47 Å². The van der Waals surface area contributed by atoms with Gasteiger partial charge in [-0.05, 0) is 37.5 Å². The first kappa shape index (κ1) is 15.3. The number of ether oxygens (including phenoxy) is 2. The molecule has 20 heavy (non-hydrogen) atoms. The monoisotopic (exact) mass is 299 g/mol. The summed E-state index contributed by atoms with van der Waals surface area (Å²) in [5.41, 5.74) is 0.884. The Morgan fingerprint density at radius 3 is 2.80 bits per heavy atom. The number of aryl methyl sites for hydroxylation is 1. The van der Waals surface area contributed by atoms with E-state index < -0.39 is 10.0 Å². The summed E-state index contributed by atoms with van der Waals surface area (Å²) in [5.74, 6) is 0.370. The Balaban J connectivity index is 2.26. The highest BCUT2D eigenvalue weighted by atomic mass is 32.2. The minimum atomic E-state index is -3.56. The van der Waals surface area contributed by atoms with Crippen LogP contribution in [0.15, 0.2) is 23.1 Å². The number of hydrogen-bond acceptors (Lipinski definition) is 4. The van der Waals surface area contributed by atoms with Crippen LogP contribution in [0.3, 0.4) is 0 Å². The molecule has 112 valence electrons. The number of hydrogen-bond donors (Lipinski definition) is 0. The van der Waals surface area contributed by atoms with Gasteiger partial charge in [-0.25, -0.2) is 8.42 Å². The lowest BCUT2D eigenvalue weighted by Crippen LogP contribution is -2.34. The van der Waals surface area contributed by atoms with Crippen LogP contribution >= 0.6 is 0 Å². The van der Waals surface area contributed by atoms with E-state index in [-0.39, 0.29) is 11.0 Å². The first-order valence-corrected chi connectivity index (χ1v) is 8.11. The van der Waals surface area contributed by atoms with E-state index >= 15 is 0 Å². The Labute approximate surface area is 120 Å². The molecule has 0 N–H and O–H groups in total. The summed E-state index contributed by atoms with van der Waals surface area (Å²) >= 11 is 0. The highest BCUT2D eigenvalue weighted by molar-refractivity contribution is 7.89. The second-order valence-corrected chi connectivity index (χ2v) is 7.09. The maximum absolute atomic E-state index is 12.6. The molecule has 1 unspecified atom stereocenters. The smallest absolute Gasteiger partial charge is 0.246 e. The van der Waals surface area contributed by atoms with E-state index in [2.05, 4.69) is 0 Å². The van der Waals surface area contributed by atoms with Crippen molar-refractivity contribution >= 4 is 10.0 Å². The van der Waals surface area contributed by atoms with Gasteiger partial charge in [-0.2, -0.15) is 4.31 Å². The van der Waals surface area contributed by atoms with Crippen LogP contribution < -0.4 is 4.74 Å². The third-order valence-electron chi connectivity index (χ3n) is 3.49. The SMILES string of the molecule is COc1ccc(C)cc1S(=O)(=O)N(C)CC1CCCO1. The van der Waals surface area contributed by atoms with Gasteiger partial charge in [0.2, 0.25) is 10.0 Å². The Kier molecular flexibility index (Phi) is 4.67. The maximum atomic E-state index is 12.6. The zero-order chi connectivity index (χ0) is 14.8. The molecular weight excluding hydrogens is 278 g/mol. The lowest BCUT2D eigenvalue weighted by atomic mass is 10.2. The number of likely N-dealkylation sites (N-methyl/N-ethyl adjacent to an activating group) is 1. The lowest BCUT2D eigenvalue weighted by molar-refractivity contribution is 0.0978. The topological polar surface area (TPSA) is 55.8 Å². The first-order chi connectivity index (χ1) is 9.45. The molecule has 0 amide bonds. The summed E-state index contributed by atoms with van der Waals surface area (Å²) in [7, 11) is -0.505. The second-order valence-electron chi connectivity index (χ2n) is 5.07. The largest absolute Gasteiger partial charge is 0.495 e. The van der Waals surface area contributed by atoms with Crippen molar-refractivity contribution in [1.82, 2.24) is 4.31 Å². The third kappa shape index (κ3) is 3.13. The molecule has 1 aliphatic heterocycles. The van der Waals surface area contributed by atoms with Crippen LogP contribution in [0.4, 0.5) is 0 Å². The Morgan fingerprint density at radius 1 is 1.45 bits per heavy atom. The van der Waals surface area contributed by atoms with E-state index in [9.17, 15) is 8.42 Å². The fourth-order valence-corrected chi connectivity index (χ4v) is 3.77. The molecule has 1 aliphatic rings. The number of rotatable bonds is 5. The predicted octanol–water partition coefficient (Wildman–Crippen LogP) is 1.80. The van der Waals surface area contributed by atoms with Crippen LogP contribution in [-0.4, -0.2) is 46.1 Å². The Bertz CT molecular complexity index is 565. The molecule has 1 aromatic rings. The van der Waals surface area contributed by atoms with Crippen molar-refractivity contribution in [2.24, 2.45) is 0 Å². The van der Waals surface area contributed by atoms with Gasteiger partial charge in [0.05, 0.1) is 13.2 Å². The highest BCUT2D eigenvalue weighted by Gasteiger charge is 2.28. The first-order valence-electron chi connectivity index (χ1n) is 6.67. The molecule has 0 spiro atoms. The molecule has 1 heterocycles. The van der Waals surface area contributed by atoms with Crippen molar-refractivity contribution in [2.75, 3.05) is 27.3 Å². The van der Waals surface area contributed by atoms with E-state index in [1.807, 2.05) is 13.0 Å². The highest BCUT2D eigenvalue weighted by Crippen LogP contribution is 2.28. The summed E-state index contributed by atoms with van der Waals surface area (Å²) in [4.78, 5) is 0.209. The van der Waals surface area contributed by atoms with Gasteiger partial charge in [0.15, 0.2) is 0 Å². The summed E-state index contributed by atoms with van der Waals surface area (Å²) < 4.78 is 37.3. The molecule has 0 aromatic heterocycles. The minimum absolute atomic E-state index is 0.00872. The number of benzene rings is 1. The minimum Gasteiger partial charge on any atom is -0.495 e. The van der Waals surface area contributed by atoms with Gasteiger partial charge in [-0.3, -0.25) is 0 Å². The lowest BCUT2D eigenvalue weighted by Gasteiger charge is -2.21. The zero-order valence-electron chi connectivity index (χ0n) is 12.1. The van der Waals surface area contributed by atoms with Gasteiger partial charge in [-0.1, -0.05) is 6.07 Å². The number of methoxy groups -OCH3 is 1. The van der Waals surface area contributed by atoms with Crippen LogP contribution in [-0.2, 0) is 14.8 Å². The van der Waals surface area contributed by atoms with Gasteiger partial charge >= 0.3 is 0 Å². The van der Waals surface area contributed by atoms with Gasteiger partial charge in [-0.15, -0.1) is 0 Å². The molecule has 5 nitrogen and oxygen atoms in total.